The number of benzene rings is 1. The third-order valence-corrected chi connectivity index (χ3v) is 2.31. The summed E-state index contributed by atoms with van der Waals surface area (Å²) in [5.41, 5.74) is 0.670. The van der Waals surface area contributed by atoms with Crippen molar-refractivity contribution in [2.75, 3.05) is 11.9 Å². The Hall–Kier alpha value is -1.84. The summed E-state index contributed by atoms with van der Waals surface area (Å²) >= 11 is 0. The zero-order valence-corrected chi connectivity index (χ0v) is 11.5. The van der Waals surface area contributed by atoms with E-state index in [1.54, 1.807) is 31.3 Å². The summed E-state index contributed by atoms with van der Waals surface area (Å²) in [5, 5.41) is 0. The number of hydrogen-bond acceptors (Lipinski definition) is 3. The van der Waals surface area contributed by atoms with Crippen molar-refractivity contribution in [3.8, 4) is 0 Å². The molecule has 4 heteroatoms. The fourth-order valence-corrected chi connectivity index (χ4v) is 1.37. The lowest BCUT2D eigenvalue weighted by molar-refractivity contribution is 0.0589. The van der Waals surface area contributed by atoms with E-state index < -0.39 is 11.7 Å². The van der Waals surface area contributed by atoms with Gasteiger partial charge in [0, 0.05) is 18.3 Å². The molecule has 98 valence electrons. The highest BCUT2D eigenvalue weighted by Crippen LogP contribution is 2.18. The Balaban J connectivity index is 2.90. The van der Waals surface area contributed by atoms with Gasteiger partial charge in [0.15, 0.2) is 5.78 Å². The van der Waals surface area contributed by atoms with Crippen LogP contribution in [-0.2, 0) is 4.74 Å². The number of carbonyl (C=O) groups excluding carboxylic acids is 2. The van der Waals surface area contributed by atoms with E-state index in [2.05, 4.69) is 0 Å². The molecule has 0 heterocycles. The van der Waals surface area contributed by atoms with E-state index in [-0.39, 0.29) is 5.78 Å². The highest BCUT2D eigenvalue weighted by atomic mass is 16.6. The molecule has 0 fully saturated rings. The molecule has 4 nitrogen and oxygen atoms in total. The fourth-order valence-electron chi connectivity index (χ4n) is 1.37. The van der Waals surface area contributed by atoms with Crippen molar-refractivity contribution in [1.29, 1.82) is 0 Å². The molecule has 0 spiro atoms. The monoisotopic (exact) mass is 249 g/mol. The van der Waals surface area contributed by atoms with Gasteiger partial charge in [-0.3, -0.25) is 9.69 Å². The standard InChI is InChI=1S/C14H19NO3/c1-10(16)11-7-6-8-12(9-11)15(5)13(17)18-14(2,3)4/h6-9H,1-5H3. The average Bonchev–Trinajstić information content (AvgIpc) is 2.26. The van der Waals surface area contributed by atoms with E-state index in [0.717, 1.165) is 0 Å². The van der Waals surface area contributed by atoms with Gasteiger partial charge in [-0.15, -0.1) is 0 Å². The van der Waals surface area contributed by atoms with Crippen molar-refractivity contribution in [2.24, 2.45) is 0 Å². The number of Topliss-reactive ketones (excluding diaryl/α,β-unsaturated/α-hetero) is 1. The van der Waals surface area contributed by atoms with Crippen molar-refractivity contribution in [1.82, 2.24) is 0 Å². The van der Waals surface area contributed by atoms with Gasteiger partial charge in [-0.25, -0.2) is 4.79 Å². The van der Waals surface area contributed by atoms with Crippen molar-refractivity contribution in [2.45, 2.75) is 33.3 Å². The maximum absolute atomic E-state index is 11.9. The lowest BCUT2D eigenvalue weighted by Gasteiger charge is -2.24. The fraction of sp³-hybridized carbons (Fsp3) is 0.429. The molecule has 1 aromatic rings. The smallest absolute Gasteiger partial charge is 0.414 e. The first-order valence-electron chi connectivity index (χ1n) is 5.78. The zero-order valence-electron chi connectivity index (χ0n) is 11.5. The first-order chi connectivity index (χ1) is 8.20. The van der Waals surface area contributed by atoms with Crippen LogP contribution in [-0.4, -0.2) is 24.5 Å². The summed E-state index contributed by atoms with van der Waals surface area (Å²) in [6.45, 7) is 6.92. The lowest BCUT2D eigenvalue weighted by atomic mass is 10.1. The lowest BCUT2D eigenvalue weighted by Crippen LogP contribution is -2.34. The van der Waals surface area contributed by atoms with Gasteiger partial charge >= 0.3 is 6.09 Å². The van der Waals surface area contributed by atoms with Crippen LogP contribution in [0.5, 0.6) is 0 Å². The number of ether oxygens (including phenoxy) is 1. The molecule has 0 aromatic heterocycles. The second-order valence-corrected chi connectivity index (χ2v) is 5.15. The SMILES string of the molecule is CC(=O)c1cccc(N(C)C(=O)OC(C)(C)C)c1. The zero-order chi connectivity index (χ0) is 13.9. The number of amides is 1. The molecule has 0 aliphatic rings. The Morgan fingerprint density at radius 2 is 1.83 bits per heavy atom. The molecular weight excluding hydrogens is 230 g/mol. The topological polar surface area (TPSA) is 46.6 Å². The molecule has 0 saturated carbocycles. The van der Waals surface area contributed by atoms with E-state index in [9.17, 15) is 9.59 Å². The Kier molecular flexibility index (Phi) is 4.11. The Morgan fingerprint density at radius 1 is 1.22 bits per heavy atom. The number of hydrogen-bond donors (Lipinski definition) is 0. The van der Waals surface area contributed by atoms with Gasteiger partial charge < -0.3 is 4.74 Å². The van der Waals surface area contributed by atoms with Crippen LogP contribution in [0.3, 0.4) is 0 Å². The molecule has 0 atom stereocenters. The maximum Gasteiger partial charge on any atom is 0.414 e. The van der Waals surface area contributed by atoms with Crippen LogP contribution in [0, 0.1) is 0 Å². The molecule has 1 rings (SSSR count). The van der Waals surface area contributed by atoms with Gasteiger partial charge in [0.25, 0.3) is 0 Å². The highest BCUT2D eigenvalue weighted by Gasteiger charge is 2.20. The van der Waals surface area contributed by atoms with Crippen LogP contribution in [0.15, 0.2) is 24.3 Å². The average molecular weight is 249 g/mol. The molecule has 0 aliphatic heterocycles. The molecule has 0 saturated heterocycles. The van der Waals surface area contributed by atoms with E-state index in [0.29, 0.717) is 11.3 Å². The molecule has 1 aromatic carbocycles. The second-order valence-electron chi connectivity index (χ2n) is 5.15. The molecule has 0 radical (unpaired) electrons. The quantitative estimate of drug-likeness (QED) is 0.756. The van der Waals surface area contributed by atoms with Crippen molar-refractivity contribution >= 4 is 17.6 Å². The molecule has 0 bridgehead atoms. The van der Waals surface area contributed by atoms with Crippen LogP contribution in [0.4, 0.5) is 10.5 Å². The predicted molar refractivity (Wildman–Crippen MR) is 71.1 cm³/mol. The van der Waals surface area contributed by atoms with E-state index in [1.807, 2.05) is 20.8 Å². The number of rotatable bonds is 2. The number of nitrogens with zero attached hydrogens (tertiary/aromatic N) is 1. The molecule has 0 unspecified atom stereocenters. The third-order valence-electron chi connectivity index (χ3n) is 2.31. The van der Waals surface area contributed by atoms with Gasteiger partial charge in [0.2, 0.25) is 0 Å². The first kappa shape index (κ1) is 14.2. The van der Waals surface area contributed by atoms with Crippen molar-refractivity contribution in [3.63, 3.8) is 0 Å². The summed E-state index contributed by atoms with van der Waals surface area (Å²) < 4.78 is 5.26. The predicted octanol–water partition coefficient (Wildman–Crippen LogP) is 3.26. The summed E-state index contributed by atoms with van der Waals surface area (Å²) in [6.07, 6.45) is -0.441. The van der Waals surface area contributed by atoms with Gasteiger partial charge in [0.1, 0.15) is 5.60 Å². The molecular formula is C14H19NO3. The Labute approximate surface area is 108 Å². The number of anilines is 1. The Bertz CT molecular complexity index is 460. The Morgan fingerprint density at radius 3 is 2.33 bits per heavy atom. The minimum Gasteiger partial charge on any atom is -0.443 e. The summed E-state index contributed by atoms with van der Waals surface area (Å²) in [5.74, 6) is -0.0329. The van der Waals surface area contributed by atoms with E-state index >= 15 is 0 Å². The number of carbonyl (C=O) groups is 2. The van der Waals surface area contributed by atoms with Crippen LogP contribution >= 0.6 is 0 Å². The minimum absolute atomic E-state index is 0.0329. The minimum atomic E-state index is -0.538. The summed E-state index contributed by atoms with van der Waals surface area (Å²) in [7, 11) is 1.62. The van der Waals surface area contributed by atoms with Crippen LogP contribution < -0.4 is 4.90 Å². The number of ketones is 1. The molecule has 0 aliphatic carbocycles. The van der Waals surface area contributed by atoms with Gasteiger partial charge in [-0.05, 0) is 39.8 Å². The summed E-state index contributed by atoms with van der Waals surface area (Å²) in [4.78, 5) is 24.5. The summed E-state index contributed by atoms with van der Waals surface area (Å²) in [6, 6.07) is 6.89. The normalized spacial score (nSPS) is 10.9. The third kappa shape index (κ3) is 3.87. The van der Waals surface area contributed by atoms with Crippen LogP contribution in [0.2, 0.25) is 0 Å². The van der Waals surface area contributed by atoms with Crippen molar-refractivity contribution < 1.29 is 14.3 Å². The van der Waals surface area contributed by atoms with E-state index in [1.165, 1.54) is 11.8 Å². The molecule has 1 amide bonds. The molecule has 0 N–H and O–H groups in total. The van der Waals surface area contributed by atoms with Gasteiger partial charge in [-0.2, -0.15) is 0 Å². The maximum atomic E-state index is 11.9. The van der Waals surface area contributed by atoms with Crippen LogP contribution in [0.25, 0.3) is 0 Å². The molecule has 18 heavy (non-hydrogen) atoms. The van der Waals surface area contributed by atoms with E-state index in [4.69, 9.17) is 4.74 Å². The second kappa shape index (κ2) is 5.21. The van der Waals surface area contributed by atoms with Gasteiger partial charge in [-0.1, -0.05) is 12.1 Å². The van der Waals surface area contributed by atoms with Crippen LogP contribution in [0.1, 0.15) is 38.1 Å². The largest absolute Gasteiger partial charge is 0.443 e. The van der Waals surface area contributed by atoms with Crippen molar-refractivity contribution in [3.05, 3.63) is 29.8 Å². The first-order valence-corrected chi connectivity index (χ1v) is 5.78. The van der Waals surface area contributed by atoms with Gasteiger partial charge in [0.05, 0.1) is 0 Å². The highest BCUT2D eigenvalue weighted by molar-refractivity contribution is 5.96.